The summed E-state index contributed by atoms with van der Waals surface area (Å²) in [4.78, 5) is 0. The van der Waals surface area contributed by atoms with E-state index in [1.165, 1.54) is 30.8 Å². The molecule has 3 heteroatoms. The smallest absolute Gasteiger partial charge is 0.0771 e. The first-order valence-electron chi connectivity index (χ1n) is 5.78. The van der Waals surface area contributed by atoms with Crippen molar-refractivity contribution in [2.75, 3.05) is 24.6 Å². The molecule has 0 saturated heterocycles. The second-order valence-electron chi connectivity index (χ2n) is 4.16. The average Bonchev–Trinajstić information content (AvgIpc) is 2.59. The molecule has 0 heterocycles. The topological polar surface area (TPSA) is 32.3 Å². The van der Waals surface area contributed by atoms with Crippen molar-refractivity contribution in [3.8, 4) is 0 Å². The molecule has 1 fully saturated rings. The number of aliphatic hydroxyl groups is 1. The molecule has 0 bridgehead atoms. The van der Waals surface area contributed by atoms with Gasteiger partial charge in [0.1, 0.15) is 0 Å². The minimum atomic E-state index is -0.377. The normalized spacial score (nSPS) is 20.1. The minimum absolute atomic E-state index is 0.377. The molecule has 1 aliphatic rings. The summed E-state index contributed by atoms with van der Waals surface area (Å²) in [5.74, 6) is 2.45. The fourth-order valence-electron chi connectivity index (χ4n) is 1.97. The fraction of sp³-hybridized carbons (Fsp3) is 1.00. The molecule has 0 atom stereocenters. The van der Waals surface area contributed by atoms with Crippen molar-refractivity contribution >= 4 is 11.8 Å². The number of hydrogen-bond acceptors (Lipinski definition) is 3. The van der Waals surface area contributed by atoms with Crippen molar-refractivity contribution in [2.45, 2.75) is 44.6 Å². The van der Waals surface area contributed by atoms with Crippen molar-refractivity contribution in [3.05, 3.63) is 0 Å². The van der Waals surface area contributed by atoms with Crippen LogP contribution in [-0.2, 0) is 0 Å². The maximum Gasteiger partial charge on any atom is 0.0771 e. The second kappa shape index (κ2) is 6.70. The van der Waals surface area contributed by atoms with Gasteiger partial charge in [0.05, 0.1) is 5.60 Å². The van der Waals surface area contributed by atoms with Crippen LogP contribution in [0.25, 0.3) is 0 Å². The summed E-state index contributed by atoms with van der Waals surface area (Å²) in [5.41, 5.74) is -0.377. The number of nitrogens with one attached hydrogen (secondary N) is 1. The van der Waals surface area contributed by atoms with E-state index in [0.29, 0.717) is 0 Å². The Balaban J connectivity index is 1.92. The second-order valence-corrected chi connectivity index (χ2v) is 5.55. The highest BCUT2D eigenvalue weighted by Gasteiger charge is 2.30. The first kappa shape index (κ1) is 12.3. The van der Waals surface area contributed by atoms with Crippen LogP contribution < -0.4 is 5.32 Å². The predicted octanol–water partition coefficient (Wildman–Crippen LogP) is 2.02. The Bertz CT molecular complexity index is 146. The largest absolute Gasteiger partial charge is 0.389 e. The van der Waals surface area contributed by atoms with Gasteiger partial charge in [-0.2, -0.15) is 11.8 Å². The van der Waals surface area contributed by atoms with Gasteiger partial charge in [-0.25, -0.2) is 0 Å². The summed E-state index contributed by atoms with van der Waals surface area (Å²) in [6, 6.07) is 0. The molecule has 0 amide bonds. The molecule has 1 rings (SSSR count). The molecular weight excluding hydrogens is 194 g/mol. The summed E-state index contributed by atoms with van der Waals surface area (Å²) < 4.78 is 0. The van der Waals surface area contributed by atoms with E-state index in [-0.39, 0.29) is 5.60 Å². The van der Waals surface area contributed by atoms with Crippen LogP contribution in [0.2, 0.25) is 0 Å². The molecule has 0 unspecified atom stereocenters. The highest BCUT2D eigenvalue weighted by atomic mass is 32.2. The Hall–Kier alpha value is 0.270. The minimum Gasteiger partial charge on any atom is -0.389 e. The fourth-order valence-corrected chi connectivity index (χ4v) is 2.61. The quantitative estimate of drug-likeness (QED) is 0.640. The SMILES string of the molecule is CCSCCCNCC1(O)CCCC1. The van der Waals surface area contributed by atoms with Crippen LogP contribution in [0.1, 0.15) is 39.0 Å². The van der Waals surface area contributed by atoms with Crippen molar-refractivity contribution < 1.29 is 5.11 Å². The number of hydrogen-bond donors (Lipinski definition) is 2. The lowest BCUT2D eigenvalue weighted by Crippen LogP contribution is -2.38. The Kier molecular flexibility index (Phi) is 5.90. The first-order valence-corrected chi connectivity index (χ1v) is 6.93. The van der Waals surface area contributed by atoms with Crippen LogP contribution in [0.15, 0.2) is 0 Å². The third-order valence-electron chi connectivity index (χ3n) is 2.83. The van der Waals surface area contributed by atoms with Crippen LogP contribution in [0, 0.1) is 0 Å². The Morgan fingerprint density at radius 2 is 2.07 bits per heavy atom. The average molecular weight is 217 g/mol. The van der Waals surface area contributed by atoms with Gasteiger partial charge >= 0.3 is 0 Å². The van der Waals surface area contributed by atoms with Crippen molar-refractivity contribution in [1.29, 1.82) is 0 Å². The summed E-state index contributed by atoms with van der Waals surface area (Å²) in [5, 5.41) is 13.4. The van der Waals surface area contributed by atoms with Gasteiger partial charge in [-0.1, -0.05) is 19.8 Å². The van der Waals surface area contributed by atoms with Crippen LogP contribution in [-0.4, -0.2) is 35.3 Å². The van der Waals surface area contributed by atoms with E-state index in [1.807, 2.05) is 11.8 Å². The van der Waals surface area contributed by atoms with E-state index in [9.17, 15) is 5.11 Å². The van der Waals surface area contributed by atoms with Crippen LogP contribution in [0.5, 0.6) is 0 Å². The van der Waals surface area contributed by atoms with Crippen molar-refractivity contribution in [1.82, 2.24) is 5.32 Å². The zero-order valence-corrected chi connectivity index (χ0v) is 10.0. The van der Waals surface area contributed by atoms with Gasteiger partial charge in [-0.15, -0.1) is 0 Å². The van der Waals surface area contributed by atoms with E-state index in [2.05, 4.69) is 12.2 Å². The zero-order valence-electron chi connectivity index (χ0n) is 9.22. The van der Waals surface area contributed by atoms with Crippen LogP contribution >= 0.6 is 11.8 Å². The molecule has 0 spiro atoms. The highest BCUT2D eigenvalue weighted by molar-refractivity contribution is 7.99. The third kappa shape index (κ3) is 4.67. The molecule has 84 valence electrons. The van der Waals surface area contributed by atoms with E-state index in [1.54, 1.807) is 0 Å². The van der Waals surface area contributed by atoms with Gasteiger partial charge < -0.3 is 10.4 Å². The van der Waals surface area contributed by atoms with Gasteiger partial charge in [-0.05, 0) is 37.3 Å². The zero-order chi connectivity index (χ0) is 10.3. The van der Waals surface area contributed by atoms with Gasteiger partial charge in [0.15, 0.2) is 0 Å². The molecule has 0 aromatic carbocycles. The predicted molar refractivity (Wildman–Crippen MR) is 63.9 cm³/mol. The van der Waals surface area contributed by atoms with E-state index in [4.69, 9.17) is 0 Å². The molecule has 1 aliphatic carbocycles. The molecule has 0 aliphatic heterocycles. The van der Waals surface area contributed by atoms with Gasteiger partial charge in [0.2, 0.25) is 0 Å². The van der Waals surface area contributed by atoms with Crippen molar-refractivity contribution in [3.63, 3.8) is 0 Å². The highest BCUT2D eigenvalue weighted by Crippen LogP contribution is 2.28. The molecular formula is C11H23NOS. The summed E-state index contributed by atoms with van der Waals surface area (Å²) in [7, 11) is 0. The molecule has 2 nitrogen and oxygen atoms in total. The standard InChI is InChI=1S/C11H23NOS/c1-2-14-9-5-8-12-10-11(13)6-3-4-7-11/h12-13H,2-10H2,1H3. The summed E-state index contributed by atoms with van der Waals surface area (Å²) in [6.45, 7) is 4.04. The molecule has 0 aromatic rings. The molecule has 0 aromatic heterocycles. The van der Waals surface area contributed by atoms with E-state index < -0.39 is 0 Å². The maximum atomic E-state index is 10.0. The van der Waals surface area contributed by atoms with Crippen LogP contribution in [0.3, 0.4) is 0 Å². The monoisotopic (exact) mass is 217 g/mol. The Labute approximate surface area is 91.9 Å². The first-order chi connectivity index (χ1) is 6.77. The lowest BCUT2D eigenvalue weighted by atomic mass is 10.0. The molecule has 14 heavy (non-hydrogen) atoms. The Morgan fingerprint density at radius 1 is 1.36 bits per heavy atom. The molecule has 0 radical (unpaired) electrons. The summed E-state index contributed by atoms with van der Waals surface area (Å²) >= 11 is 1.99. The maximum absolute atomic E-state index is 10.0. The van der Waals surface area contributed by atoms with Gasteiger partial charge in [0, 0.05) is 6.54 Å². The third-order valence-corrected chi connectivity index (χ3v) is 3.82. The van der Waals surface area contributed by atoms with Crippen molar-refractivity contribution in [2.24, 2.45) is 0 Å². The van der Waals surface area contributed by atoms with E-state index in [0.717, 1.165) is 25.9 Å². The van der Waals surface area contributed by atoms with E-state index >= 15 is 0 Å². The molecule has 1 saturated carbocycles. The lowest BCUT2D eigenvalue weighted by molar-refractivity contribution is 0.0480. The Morgan fingerprint density at radius 3 is 2.71 bits per heavy atom. The molecule has 2 N–H and O–H groups in total. The van der Waals surface area contributed by atoms with Gasteiger partial charge in [0.25, 0.3) is 0 Å². The van der Waals surface area contributed by atoms with Crippen LogP contribution in [0.4, 0.5) is 0 Å². The van der Waals surface area contributed by atoms with Gasteiger partial charge in [-0.3, -0.25) is 0 Å². The number of rotatable bonds is 7. The lowest BCUT2D eigenvalue weighted by Gasteiger charge is -2.22. The number of thioether (sulfide) groups is 1. The summed E-state index contributed by atoms with van der Waals surface area (Å²) in [6.07, 6.45) is 5.59.